The summed E-state index contributed by atoms with van der Waals surface area (Å²) in [7, 11) is 0. The second kappa shape index (κ2) is 9.10. The average molecular weight is 446 g/mol. The molecule has 0 aliphatic heterocycles. The molecule has 0 aromatic heterocycles. The van der Waals surface area contributed by atoms with Crippen molar-refractivity contribution in [3.8, 4) is 5.75 Å². The zero-order chi connectivity index (χ0) is 19.8. The Hall–Kier alpha value is -1.22. The van der Waals surface area contributed by atoms with E-state index in [2.05, 4.69) is 30.4 Å². The first kappa shape index (κ1) is 22.0. The topological polar surface area (TPSA) is 21.3 Å². The van der Waals surface area contributed by atoms with Crippen molar-refractivity contribution in [3.63, 3.8) is 0 Å². The minimum atomic E-state index is 0. The third-order valence-corrected chi connectivity index (χ3v) is 8.09. The van der Waals surface area contributed by atoms with Crippen LogP contribution in [0.4, 0.5) is 0 Å². The Labute approximate surface area is 192 Å². The maximum atomic E-state index is 6.01. The van der Waals surface area contributed by atoms with E-state index in [1.807, 2.05) is 30.3 Å². The van der Waals surface area contributed by atoms with Gasteiger partial charge in [0.05, 0.1) is 0 Å². The van der Waals surface area contributed by atoms with E-state index in [1.165, 1.54) is 44.1 Å². The van der Waals surface area contributed by atoms with Gasteiger partial charge in [-0.1, -0.05) is 35.9 Å². The van der Waals surface area contributed by atoms with E-state index in [1.54, 1.807) is 0 Å². The van der Waals surface area contributed by atoms with Crippen LogP contribution >= 0.6 is 24.0 Å². The molecule has 1 N–H and O–H groups in total. The van der Waals surface area contributed by atoms with Crippen LogP contribution < -0.4 is 10.1 Å². The number of ether oxygens (including phenoxy) is 1. The first-order valence-corrected chi connectivity index (χ1v) is 11.7. The van der Waals surface area contributed by atoms with E-state index in [0.29, 0.717) is 18.1 Å². The lowest BCUT2D eigenvalue weighted by molar-refractivity contribution is -0.0706. The lowest BCUT2D eigenvalue weighted by Gasteiger charge is -2.59. The molecule has 4 heteroatoms. The summed E-state index contributed by atoms with van der Waals surface area (Å²) in [6.07, 6.45) is 8.91. The zero-order valence-corrected chi connectivity index (χ0v) is 19.4. The molecule has 0 saturated heterocycles. The van der Waals surface area contributed by atoms with Crippen molar-refractivity contribution in [2.45, 2.75) is 64.6 Å². The van der Waals surface area contributed by atoms with E-state index in [0.717, 1.165) is 40.6 Å². The fourth-order valence-corrected chi connectivity index (χ4v) is 6.81. The molecular weight excluding hydrogens is 413 g/mol. The monoisotopic (exact) mass is 445 g/mol. The van der Waals surface area contributed by atoms with Crippen molar-refractivity contribution in [1.82, 2.24) is 5.32 Å². The number of halogens is 2. The standard InChI is InChI=1S/C26H32ClNO.ClH/c1-18(26-13-21-9-22(14-26)11-23(10-21)15-26)28-16-20-3-2-4-25(12-20)29-17-19-5-7-24(27)8-6-19;/h2-8,12,18,21-23,28H,9-11,13-17H2,1H3;1H. The molecule has 0 amide bonds. The van der Waals surface area contributed by atoms with Gasteiger partial charge in [-0.05, 0) is 104 Å². The summed E-state index contributed by atoms with van der Waals surface area (Å²) in [4.78, 5) is 0. The average Bonchev–Trinajstić information content (AvgIpc) is 2.71. The fourth-order valence-electron chi connectivity index (χ4n) is 6.69. The Kier molecular flexibility index (Phi) is 6.67. The van der Waals surface area contributed by atoms with E-state index < -0.39 is 0 Å². The van der Waals surface area contributed by atoms with Crippen LogP contribution in [0.2, 0.25) is 5.02 Å². The Morgan fingerprint density at radius 1 is 0.967 bits per heavy atom. The number of hydrogen-bond donors (Lipinski definition) is 1. The van der Waals surface area contributed by atoms with Gasteiger partial charge < -0.3 is 10.1 Å². The summed E-state index contributed by atoms with van der Waals surface area (Å²) in [6.45, 7) is 3.92. The molecule has 1 unspecified atom stereocenters. The van der Waals surface area contributed by atoms with Crippen molar-refractivity contribution >= 4 is 24.0 Å². The SMILES string of the molecule is CC(NCc1cccc(OCc2ccc(Cl)cc2)c1)C12CC3CC(CC(C3)C1)C2.Cl. The summed E-state index contributed by atoms with van der Waals surface area (Å²) < 4.78 is 6.01. The van der Waals surface area contributed by atoms with E-state index >= 15 is 0 Å². The van der Waals surface area contributed by atoms with Crippen LogP contribution in [0, 0.1) is 23.2 Å². The Bertz CT molecular complexity index is 815. The first-order chi connectivity index (χ1) is 14.1. The maximum absolute atomic E-state index is 6.01. The van der Waals surface area contributed by atoms with Gasteiger partial charge >= 0.3 is 0 Å². The van der Waals surface area contributed by atoms with Crippen LogP contribution in [0.3, 0.4) is 0 Å². The lowest BCUT2D eigenvalue weighted by Crippen LogP contribution is -2.54. The van der Waals surface area contributed by atoms with E-state index in [9.17, 15) is 0 Å². The van der Waals surface area contributed by atoms with Gasteiger partial charge in [0.2, 0.25) is 0 Å². The van der Waals surface area contributed by atoms with E-state index in [-0.39, 0.29) is 12.4 Å². The normalized spacial score (nSPS) is 30.0. The van der Waals surface area contributed by atoms with Gasteiger partial charge in [0.1, 0.15) is 12.4 Å². The molecule has 30 heavy (non-hydrogen) atoms. The molecule has 4 bridgehead atoms. The molecule has 2 nitrogen and oxygen atoms in total. The highest BCUT2D eigenvalue weighted by Gasteiger charge is 2.52. The Morgan fingerprint density at radius 3 is 2.23 bits per heavy atom. The highest BCUT2D eigenvalue weighted by atomic mass is 35.5. The van der Waals surface area contributed by atoms with Gasteiger partial charge in [0, 0.05) is 17.6 Å². The third-order valence-electron chi connectivity index (χ3n) is 7.83. The number of rotatable bonds is 7. The van der Waals surface area contributed by atoms with Gasteiger partial charge in [-0.2, -0.15) is 0 Å². The summed E-state index contributed by atoms with van der Waals surface area (Å²) in [5.41, 5.74) is 2.99. The lowest BCUT2D eigenvalue weighted by atomic mass is 9.48. The molecule has 4 aliphatic carbocycles. The van der Waals surface area contributed by atoms with Crippen molar-refractivity contribution in [2.75, 3.05) is 0 Å². The number of nitrogens with one attached hydrogen (secondary N) is 1. The molecule has 0 radical (unpaired) electrons. The first-order valence-electron chi connectivity index (χ1n) is 11.3. The van der Waals surface area contributed by atoms with Crippen molar-refractivity contribution in [3.05, 3.63) is 64.7 Å². The molecule has 4 saturated carbocycles. The van der Waals surface area contributed by atoms with Gasteiger partial charge in [0.15, 0.2) is 0 Å². The van der Waals surface area contributed by atoms with Crippen LogP contribution in [0.1, 0.15) is 56.6 Å². The van der Waals surface area contributed by atoms with Gasteiger partial charge in [0.25, 0.3) is 0 Å². The van der Waals surface area contributed by atoms with Crippen molar-refractivity contribution < 1.29 is 4.74 Å². The van der Waals surface area contributed by atoms with Crippen LogP contribution in [0.15, 0.2) is 48.5 Å². The summed E-state index contributed by atoms with van der Waals surface area (Å²) in [5, 5.41) is 4.65. The summed E-state index contributed by atoms with van der Waals surface area (Å²) in [5.74, 6) is 3.96. The quantitative estimate of drug-likeness (QED) is 0.493. The summed E-state index contributed by atoms with van der Waals surface area (Å²) >= 11 is 5.96. The van der Waals surface area contributed by atoms with Crippen LogP contribution in [0.5, 0.6) is 5.75 Å². The van der Waals surface area contributed by atoms with Gasteiger partial charge in [-0.25, -0.2) is 0 Å². The molecule has 0 spiro atoms. The molecule has 1 atom stereocenters. The smallest absolute Gasteiger partial charge is 0.120 e. The Morgan fingerprint density at radius 2 is 1.60 bits per heavy atom. The molecule has 0 heterocycles. The second-order valence-corrected chi connectivity index (χ2v) is 10.4. The molecule has 2 aromatic carbocycles. The number of benzene rings is 2. The third kappa shape index (κ3) is 4.66. The fraction of sp³-hybridized carbons (Fsp3) is 0.538. The predicted molar refractivity (Wildman–Crippen MR) is 126 cm³/mol. The minimum absolute atomic E-state index is 0. The molecule has 2 aromatic rings. The largest absolute Gasteiger partial charge is 0.489 e. The Balaban J connectivity index is 0.00000218. The summed E-state index contributed by atoms with van der Waals surface area (Å²) in [6, 6.07) is 17.0. The van der Waals surface area contributed by atoms with Crippen LogP contribution in [0.25, 0.3) is 0 Å². The van der Waals surface area contributed by atoms with Crippen molar-refractivity contribution in [2.24, 2.45) is 23.2 Å². The molecule has 4 aliphatic rings. The molecule has 6 rings (SSSR count). The highest BCUT2D eigenvalue weighted by Crippen LogP contribution is 2.61. The van der Waals surface area contributed by atoms with Crippen LogP contribution in [-0.4, -0.2) is 6.04 Å². The predicted octanol–water partition coefficient (Wildman–Crippen LogP) is 7.04. The van der Waals surface area contributed by atoms with Gasteiger partial charge in [-0.3, -0.25) is 0 Å². The highest BCUT2D eigenvalue weighted by molar-refractivity contribution is 6.30. The maximum Gasteiger partial charge on any atom is 0.120 e. The van der Waals surface area contributed by atoms with E-state index in [4.69, 9.17) is 16.3 Å². The van der Waals surface area contributed by atoms with Crippen LogP contribution in [-0.2, 0) is 13.2 Å². The molecule has 162 valence electrons. The van der Waals surface area contributed by atoms with Crippen molar-refractivity contribution in [1.29, 1.82) is 0 Å². The molecule has 4 fully saturated rings. The minimum Gasteiger partial charge on any atom is -0.489 e. The molecular formula is C26H33Cl2NO. The number of hydrogen-bond acceptors (Lipinski definition) is 2. The zero-order valence-electron chi connectivity index (χ0n) is 17.8. The second-order valence-electron chi connectivity index (χ2n) is 9.95. The van der Waals surface area contributed by atoms with Gasteiger partial charge in [-0.15, -0.1) is 12.4 Å².